The van der Waals surface area contributed by atoms with Crippen LogP contribution in [-0.4, -0.2) is 27.3 Å². The van der Waals surface area contributed by atoms with E-state index in [0.29, 0.717) is 23.8 Å². The highest BCUT2D eigenvalue weighted by atomic mass is 19.1. The van der Waals surface area contributed by atoms with Gasteiger partial charge in [0.15, 0.2) is 11.6 Å². The Balaban J connectivity index is 1.65. The van der Waals surface area contributed by atoms with E-state index in [-0.39, 0.29) is 17.0 Å². The number of nitrogens with zero attached hydrogens (tertiary/aromatic N) is 2. The summed E-state index contributed by atoms with van der Waals surface area (Å²) in [6.07, 6.45) is 2.28. The summed E-state index contributed by atoms with van der Waals surface area (Å²) in [4.78, 5) is 7.72. The molecule has 29 heavy (non-hydrogen) atoms. The number of nitrogens with one attached hydrogen (secondary N) is 3. The minimum atomic E-state index is -0.720. The van der Waals surface area contributed by atoms with Gasteiger partial charge in [0.1, 0.15) is 23.1 Å². The summed E-state index contributed by atoms with van der Waals surface area (Å²) in [5.41, 5.74) is 2.50. The van der Waals surface area contributed by atoms with E-state index in [1.54, 1.807) is 12.1 Å². The molecule has 0 radical (unpaired) electrons. The zero-order valence-electron chi connectivity index (χ0n) is 15.9. The van der Waals surface area contributed by atoms with Gasteiger partial charge in [-0.25, -0.2) is 13.8 Å². The van der Waals surface area contributed by atoms with Gasteiger partial charge in [-0.2, -0.15) is 5.10 Å². The van der Waals surface area contributed by atoms with Gasteiger partial charge >= 0.3 is 0 Å². The van der Waals surface area contributed by atoms with Crippen molar-refractivity contribution < 1.29 is 13.5 Å². The molecule has 4 aromatic rings. The summed E-state index contributed by atoms with van der Waals surface area (Å²) in [7, 11) is 1.36. The summed E-state index contributed by atoms with van der Waals surface area (Å²) in [5, 5.41) is 10.1. The topological polar surface area (TPSA) is 78.6 Å². The average Bonchev–Trinajstić information content (AvgIpc) is 3.34. The van der Waals surface area contributed by atoms with Gasteiger partial charge in [-0.05, 0) is 18.6 Å². The Labute approximate surface area is 165 Å². The van der Waals surface area contributed by atoms with E-state index < -0.39 is 11.6 Å². The maximum absolute atomic E-state index is 14.5. The number of hydrogen-bond donors (Lipinski definition) is 3. The predicted octanol–water partition coefficient (Wildman–Crippen LogP) is 5.10. The standard InChI is InChI=1S/C21H19F2N5O/c1-3-6-17(20-13(22)9-12(29-2)10-14(20)23)24-19-11-18(27-28-19)21-25-15-7-4-5-8-16(15)26-21/h4-11H,3H2,1-2H3,(H,25,26)(H2,24,27,28)/b17-6+. The molecule has 0 fully saturated rings. The van der Waals surface area contributed by atoms with Crippen molar-refractivity contribution in [1.29, 1.82) is 0 Å². The lowest BCUT2D eigenvalue weighted by molar-refractivity contribution is 0.406. The molecule has 2 heterocycles. The van der Waals surface area contributed by atoms with Crippen LogP contribution in [0.1, 0.15) is 18.9 Å². The van der Waals surface area contributed by atoms with Crippen molar-refractivity contribution in [1.82, 2.24) is 20.2 Å². The Morgan fingerprint density at radius 1 is 1.17 bits per heavy atom. The third kappa shape index (κ3) is 3.69. The fourth-order valence-corrected chi connectivity index (χ4v) is 3.07. The molecule has 4 rings (SSSR count). The van der Waals surface area contributed by atoms with E-state index >= 15 is 0 Å². The fourth-order valence-electron chi connectivity index (χ4n) is 3.07. The molecular weight excluding hydrogens is 376 g/mol. The van der Waals surface area contributed by atoms with Gasteiger partial charge in [-0.3, -0.25) is 5.10 Å². The van der Waals surface area contributed by atoms with Crippen molar-refractivity contribution in [2.24, 2.45) is 0 Å². The molecular formula is C21H19F2N5O. The summed E-state index contributed by atoms with van der Waals surface area (Å²) in [6.45, 7) is 1.88. The van der Waals surface area contributed by atoms with Crippen LogP contribution in [0.25, 0.3) is 28.2 Å². The molecule has 0 amide bonds. The first-order valence-electron chi connectivity index (χ1n) is 9.10. The van der Waals surface area contributed by atoms with Crippen molar-refractivity contribution >= 4 is 22.5 Å². The van der Waals surface area contributed by atoms with Gasteiger partial charge in [0.25, 0.3) is 0 Å². The molecule has 0 bridgehead atoms. The SMILES string of the molecule is CC/C=C(/Nc1cc(-c2nc3ccccc3[nH]2)[nH]n1)c1c(F)cc(OC)cc1F. The molecule has 6 nitrogen and oxygen atoms in total. The summed E-state index contributed by atoms with van der Waals surface area (Å²) < 4.78 is 34.0. The van der Waals surface area contributed by atoms with Gasteiger partial charge < -0.3 is 15.0 Å². The maximum atomic E-state index is 14.5. The van der Waals surface area contributed by atoms with Crippen LogP contribution < -0.4 is 10.1 Å². The van der Waals surface area contributed by atoms with Crippen LogP contribution in [0.5, 0.6) is 5.75 Å². The Hall–Kier alpha value is -3.68. The van der Waals surface area contributed by atoms with Crippen LogP contribution in [0.3, 0.4) is 0 Å². The molecule has 0 saturated carbocycles. The number of fused-ring (bicyclic) bond motifs is 1. The molecule has 8 heteroatoms. The maximum Gasteiger partial charge on any atom is 0.156 e. The molecule has 0 spiro atoms. The van der Waals surface area contributed by atoms with Gasteiger partial charge in [0.2, 0.25) is 0 Å². The first-order chi connectivity index (χ1) is 14.1. The smallest absolute Gasteiger partial charge is 0.156 e. The first kappa shape index (κ1) is 18.7. The summed E-state index contributed by atoms with van der Waals surface area (Å²) >= 11 is 0. The van der Waals surface area contributed by atoms with Crippen molar-refractivity contribution in [3.63, 3.8) is 0 Å². The van der Waals surface area contributed by atoms with Crippen molar-refractivity contribution in [2.45, 2.75) is 13.3 Å². The van der Waals surface area contributed by atoms with E-state index in [0.717, 1.165) is 23.2 Å². The van der Waals surface area contributed by atoms with Crippen molar-refractivity contribution in [3.05, 3.63) is 65.7 Å². The molecule has 3 N–H and O–H groups in total. The van der Waals surface area contributed by atoms with Crippen molar-refractivity contribution in [3.8, 4) is 17.3 Å². The number of para-hydroxylation sites is 2. The van der Waals surface area contributed by atoms with Gasteiger partial charge in [0, 0.05) is 23.9 Å². The average molecular weight is 395 g/mol. The van der Waals surface area contributed by atoms with Crippen LogP contribution in [0, 0.1) is 11.6 Å². The molecule has 0 unspecified atom stereocenters. The largest absolute Gasteiger partial charge is 0.497 e. The highest BCUT2D eigenvalue weighted by Gasteiger charge is 2.17. The predicted molar refractivity (Wildman–Crippen MR) is 108 cm³/mol. The monoisotopic (exact) mass is 395 g/mol. The van der Waals surface area contributed by atoms with Crippen LogP contribution in [0.15, 0.2) is 48.5 Å². The lowest BCUT2D eigenvalue weighted by Crippen LogP contribution is -2.05. The number of aromatic amines is 2. The number of ether oxygens (including phenoxy) is 1. The Morgan fingerprint density at radius 2 is 1.93 bits per heavy atom. The second-order valence-corrected chi connectivity index (χ2v) is 6.39. The molecule has 0 aliphatic heterocycles. The number of H-pyrrole nitrogens is 2. The Morgan fingerprint density at radius 3 is 2.62 bits per heavy atom. The normalized spacial score (nSPS) is 11.8. The molecule has 0 atom stereocenters. The first-order valence-corrected chi connectivity index (χ1v) is 9.10. The minimum Gasteiger partial charge on any atom is -0.497 e. The third-order valence-corrected chi connectivity index (χ3v) is 4.41. The van der Waals surface area contributed by atoms with Crippen LogP contribution >= 0.6 is 0 Å². The molecule has 0 saturated heterocycles. The molecule has 2 aromatic heterocycles. The summed E-state index contributed by atoms with van der Waals surface area (Å²) in [5.74, 6) is -0.292. The number of benzene rings is 2. The highest BCUT2D eigenvalue weighted by molar-refractivity contribution is 5.80. The second-order valence-electron chi connectivity index (χ2n) is 6.39. The molecule has 2 aromatic carbocycles. The van der Waals surface area contributed by atoms with E-state index in [4.69, 9.17) is 4.74 Å². The Kier molecular flexibility index (Phi) is 4.99. The number of aromatic nitrogens is 4. The van der Waals surface area contributed by atoms with E-state index in [1.165, 1.54) is 7.11 Å². The number of rotatable bonds is 6. The lowest BCUT2D eigenvalue weighted by atomic mass is 10.1. The number of halogens is 2. The third-order valence-electron chi connectivity index (χ3n) is 4.41. The number of hydrogen-bond acceptors (Lipinski definition) is 4. The van der Waals surface area contributed by atoms with Crippen molar-refractivity contribution in [2.75, 3.05) is 12.4 Å². The van der Waals surface area contributed by atoms with Gasteiger partial charge in [-0.1, -0.05) is 25.1 Å². The number of anilines is 1. The zero-order chi connectivity index (χ0) is 20.4. The minimum absolute atomic E-state index is 0.117. The Bertz CT molecular complexity index is 1140. The van der Waals surface area contributed by atoms with E-state index in [1.807, 2.05) is 31.2 Å². The van der Waals surface area contributed by atoms with Gasteiger partial charge in [0.05, 0.1) is 23.7 Å². The highest BCUT2D eigenvalue weighted by Crippen LogP contribution is 2.29. The number of methoxy groups -OCH3 is 1. The van der Waals surface area contributed by atoms with Crippen LogP contribution in [-0.2, 0) is 0 Å². The second kappa shape index (κ2) is 7.75. The zero-order valence-corrected chi connectivity index (χ0v) is 15.9. The van der Waals surface area contributed by atoms with Crippen LogP contribution in [0.4, 0.5) is 14.6 Å². The number of imidazole rings is 1. The molecule has 148 valence electrons. The number of allylic oxidation sites excluding steroid dienone is 1. The van der Waals surface area contributed by atoms with E-state index in [9.17, 15) is 8.78 Å². The lowest BCUT2D eigenvalue weighted by Gasteiger charge is -2.12. The van der Waals surface area contributed by atoms with E-state index in [2.05, 4.69) is 25.5 Å². The molecule has 0 aliphatic rings. The summed E-state index contributed by atoms with van der Waals surface area (Å²) in [6, 6.07) is 11.7. The molecule has 0 aliphatic carbocycles. The fraction of sp³-hybridized carbons (Fsp3) is 0.143. The quantitative estimate of drug-likeness (QED) is 0.424. The van der Waals surface area contributed by atoms with Gasteiger partial charge in [-0.15, -0.1) is 0 Å². The van der Waals surface area contributed by atoms with Crippen LogP contribution in [0.2, 0.25) is 0 Å².